The van der Waals surface area contributed by atoms with Crippen LogP contribution in [0.5, 0.6) is 0 Å². The first-order chi connectivity index (χ1) is 7.81. The molecule has 1 fully saturated rings. The first-order valence-electron chi connectivity index (χ1n) is 6.84. The predicted molar refractivity (Wildman–Crippen MR) is 71.6 cm³/mol. The van der Waals surface area contributed by atoms with Crippen LogP contribution in [0.4, 0.5) is 0 Å². The van der Waals surface area contributed by atoms with E-state index in [4.69, 9.17) is 5.73 Å². The van der Waals surface area contributed by atoms with Crippen molar-refractivity contribution in [3.05, 3.63) is 0 Å². The van der Waals surface area contributed by atoms with Crippen LogP contribution in [0.1, 0.15) is 59.8 Å². The van der Waals surface area contributed by atoms with Gasteiger partial charge < -0.3 is 11.1 Å². The van der Waals surface area contributed by atoms with Gasteiger partial charge >= 0.3 is 0 Å². The van der Waals surface area contributed by atoms with Gasteiger partial charge in [0.25, 0.3) is 0 Å². The van der Waals surface area contributed by atoms with Gasteiger partial charge in [-0.25, -0.2) is 0 Å². The Labute approximate surface area is 106 Å². The highest BCUT2D eigenvalue weighted by molar-refractivity contribution is 5.82. The summed E-state index contributed by atoms with van der Waals surface area (Å²) in [5, 5.41) is 3.06. The maximum atomic E-state index is 12.0. The molecule has 0 radical (unpaired) electrons. The number of amides is 1. The van der Waals surface area contributed by atoms with E-state index in [0.717, 1.165) is 13.0 Å². The quantitative estimate of drug-likeness (QED) is 0.793. The highest BCUT2D eigenvalue weighted by Gasteiger charge is 2.34. The van der Waals surface area contributed by atoms with E-state index in [2.05, 4.69) is 12.2 Å². The lowest BCUT2D eigenvalue weighted by molar-refractivity contribution is -0.125. The third kappa shape index (κ3) is 3.70. The molecule has 3 nitrogen and oxygen atoms in total. The molecule has 1 rings (SSSR count). The molecule has 0 bridgehead atoms. The maximum Gasteiger partial charge on any atom is 0.237 e. The van der Waals surface area contributed by atoms with Crippen molar-refractivity contribution in [3.8, 4) is 0 Å². The van der Waals surface area contributed by atoms with Crippen molar-refractivity contribution < 1.29 is 4.79 Å². The van der Waals surface area contributed by atoms with E-state index in [9.17, 15) is 4.79 Å². The molecule has 1 saturated carbocycles. The summed E-state index contributed by atoms with van der Waals surface area (Å²) in [5.41, 5.74) is 6.12. The Morgan fingerprint density at radius 2 is 1.88 bits per heavy atom. The Balaban J connectivity index is 2.47. The molecule has 0 saturated heterocycles. The average Bonchev–Trinajstić information content (AvgIpc) is 2.73. The molecule has 1 atom stereocenters. The smallest absolute Gasteiger partial charge is 0.237 e. The highest BCUT2D eigenvalue weighted by Crippen LogP contribution is 2.40. The van der Waals surface area contributed by atoms with Gasteiger partial charge in [0, 0.05) is 6.54 Å². The number of nitrogens with one attached hydrogen (secondary N) is 1. The first kappa shape index (κ1) is 14.5. The monoisotopic (exact) mass is 240 g/mol. The first-order valence-corrected chi connectivity index (χ1v) is 6.84. The second kappa shape index (κ2) is 5.38. The predicted octanol–water partition coefficient (Wildman–Crippen LogP) is 2.45. The van der Waals surface area contributed by atoms with Crippen LogP contribution in [0.2, 0.25) is 0 Å². The lowest BCUT2D eigenvalue weighted by atomic mass is 9.82. The Morgan fingerprint density at radius 1 is 1.35 bits per heavy atom. The van der Waals surface area contributed by atoms with E-state index < -0.39 is 6.04 Å². The zero-order valence-corrected chi connectivity index (χ0v) is 11.8. The van der Waals surface area contributed by atoms with Gasteiger partial charge in [-0.05, 0) is 30.1 Å². The van der Waals surface area contributed by atoms with E-state index in [1.165, 1.54) is 25.7 Å². The van der Waals surface area contributed by atoms with Gasteiger partial charge in [0.1, 0.15) is 0 Å². The fourth-order valence-electron chi connectivity index (χ4n) is 2.56. The van der Waals surface area contributed by atoms with Crippen molar-refractivity contribution in [1.29, 1.82) is 0 Å². The van der Waals surface area contributed by atoms with E-state index in [1.807, 2.05) is 20.8 Å². The van der Waals surface area contributed by atoms with Crippen LogP contribution in [-0.2, 0) is 4.79 Å². The number of rotatable bonds is 4. The van der Waals surface area contributed by atoms with Gasteiger partial charge in [-0.2, -0.15) is 0 Å². The second-order valence-corrected chi connectivity index (χ2v) is 6.62. The summed E-state index contributed by atoms with van der Waals surface area (Å²) in [4.78, 5) is 12.0. The molecule has 0 heterocycles. The Morgan fingerprint density at radius 3 is 2.29 bits per heavy atom. The molecular formula is C14H28N2O. The number of hydrogen-bond donors (Lipinski definition) is 2. The minimum Gasteiger partial charge on any atom is -0.354 e. The van der Waals surface area contributed by atoms with E-state index in [1.54, 1.807) is 0 Å². The van der Waals surface area contributed by atoms with Crippen molar-refractivity contribution in [2.45, 2.75) is 65.8 Å². The van der Waals surface area contributed by atoms with Crippen molar-refractivity contribution >= 4 is 5.91 Å². The third-order valence-electron chi connectivity index (χ3n) is 4.27. The normalized spacial score (nSPS) is 21.2. The van der Waals surface area contributed by atoms with Crippen LogP contribution in [0.25, 0.3) is 0 Å². The summed E-state index contributed by atoms with van der Waals surface area (Å²) in [5.74, 6) is -0.00257. The van der Waals surface area contributed by atoms with Crippen LogP contribution in [0.15, 0.2) is 0 Å². The zero-order valence-electron chi connectivity index (χ0n) is 11.8. The maximum absolute atomic E-state index is 12.0. The molecule has 3 N–H and O–H groups in total. The molecule has 100 valence electrons. The fraction of sp³-hybridized carbons (Fsp3) is 0.929. The SMILES string of the molecule is CCC1(CNC(=O)[C@@H](N)C(C)(C)C)CCCC1. The molecule has 1 aliphatic rings. The Hall–Kier alpha value is -0.570. The molecule has 0 aromatic rings. The molecule has 1 amide bonds. The minimum atomic E-state index is -0.419. The fourth-order valence-corrected chi connectivity index (χ4v) is 2.56. The van der Waals surface area contributed by atoms with Crippen molar-refractivity contribution in [2.24, 2.45) is 16.6 Å². The summed E-state index contributed by atoms with van der Waals surface area (Å²) < 4.78 is 0. The number of carbonyl (C=O) groups is 1. The topological polar surface area (TPSA) is 55.1 Å². The van der Waals surface area contributed by atoms with Crippen molar-refractivity contribution in [2.75, 3.05) is 6.54 Å². The lowest BCUT2D eigenvalue weighted by Gasteiger charge is -2.31. The summed E-state index contributed by atoms with van der Waals surface area (Å²) >= 11 is 0. The Bertz CT molecular complexity index is 262. The average molecular weight is 240 g/mol. The highest BCUT2D eigenvalue weighted by atomic mass is 16.2. The summed E-state index contributed by atoms with van der Waals surface area (Å²) in [6.07, 6.45) is 6.24. The molecule has 0 aromatic carbocycles. The van der Waals surface area contributed by atoms with Gasteiger partial charge in [-0.15, -0.1) is 0 Å². The summed E-state index contributed by atoms with van der Waals surface area (Å²) in [6.45, 7) is 9.03. The molecule has 3 heteroatoms. The van der Waals surface area contributed by atoms with E-state index >= 15 is 0 Å². The zero-order chi connectivity index (χ0) is 13.1. The summed E-state index contributed by atoms with van der Waals surface area (Å²) in [6, 6.07) is -0.419. The number of carbonyl (C=O) groups excluding carboxylic acids is 1. The van der Waals surface area contributed by atoms with Crippen LogP contribution >= 0.6 is 0 Å². The van der Waals surface area contributed by atoms with Gasteiger partial charge in [-0.3, -0.25) is 4.79 Å². The Kier molecular flexibility index (Phi) is 4.59. The number of hydrogen-bond acceptors (Lipinski definition) is 2. The van der Waals surface area contributed by atoms with Crippen LogP contribution in [0, 0.1) is 10.8 Å². The van der Waals surface area contributed by atoms with E-state index in [-0.39, 0.29) is 11.3 Å². The number of nitrogens with two attached hydrogens (primary N) is 1. The van der Waals surface area contributed by atoms with E-state index in [0.29, 0.717) is 5.41 Å². The molecule has 1 aliphatic carbocycles. The molecular weight excluding hydrogens is 212 g/mol. The third-order valence-corrected chi connectivity index (χ3v) is 4.27. The van der Waals surface area contributed by atoms with Gasteiger partial charge in [0.2, 0.25) is 5.91 Å². The molecule has 0 spiro atoms. The van der Waals surface area contributed by atoms with Crippen molar-refractivity contribution in [1.82, 2.24) is 5.32 Å². The van der Waals surface area contributed by atoms with Crippen LogP contribution in [-0.4, -0.2) is 18.5 Å². The van der Waals surface area contributed by atoms with Gasteiger partial charge in [0.05, 0.1) is 6.04 Å². The van der Waals surface area contributed by atoms with Crippen molar-refractivity contribution in [3.63, 3.8) is 0 Å². The molecule has 0 unspecified atom stereocenters. The lowest BCUT2D eigenvalue weighted by Crippen LogP contribution is -2.50. The largest absolute Gasteiger partial charge is 0.354 e. The second-order valence-electron chi connectivity index (χ2n) is 6.62. The standard InChI is InChI=1S/C14H28N2O/c1-5-14(8-6-7-9-14)10-16-12(17)11(15)13(2,3)4/h11H,5-10,15H2,1-4H3,(H,16,17)/t11-/m1/s1. The van der Waals surface area contributed by atoms with Crippen LogP contribution < -0.4 is 11.1 Å². The van der Waals surface area contributed by atoms with Gasteiger partial charge in [0.15, 0.2) is 0 Å². The molecule has 17 heavy (non-hydrogen) atoms. The molecule has 0 aliphatic heterocycles. The van der Waals surface area contributed by atoms with Crippen LogP contribution in [0.3, 0.4) is 0 Å². The molecule has 0 aromatic heterocycles. The summed E-state index contributed by atoms with van der Waals surface area (Å²) in [7, 11) is 0. The van der Waals surface area contributed by atoms with Gasteiger partial charge in [-0.1, -0.05) is 40.5 Å². The minimum absolute atomic E-state index is 0.00257.